The highest BCUT2D eigenvalue weighted by Crippen LogP contribution is 2.25. The third kappa shape index (κ3) is 1.58. The molecule has 0 saturated carbocycles. The number of benzene rings is 2. The van der Waals surface area contributed by atoms with Crippen LogP contribution in [-0.4, -0.2) is 5.11 Å². The van der Waals surface area contributed by atoms with Crippen LogP contribution in [0.25, 0.3) is 10.8 Å². The number of hydrogen-bond acceptors (Lipinski definition) is 1. The van der Waals surface area contributed by atoms with Crippen molar-refractivity contribution in [2.24, 2.45) is 0 Å². The molecule has 0 aliphatic rings. The van der Waals surface area contributed by atoms with Crippen LogP contribution in [0.5, 0.6) is 0 Å². The van der Waals surface area contributed by atoms with E-state index in [0.29, 0.717) is 16.3 Å². The zero-order chi connectivity index (χ0) is 10.8. The van der Waals surface area contributed by atoms with Crippen molar-refractivity contribution in [2.45, 2.75) is 6.10 Å². The molecule has 0 aliphatic carbocycles. The molecule has 0 heterocycles. The first kappa shape index (κ1) is 9.70. The van der Waals surface area contributed by atoms with Gasteiger partial charge in [-0.2, -0.15) is 0 Å². The second-order valence-electron chi connectivity index (χ2n) is 3.25. The van der Waals surface area contributed by atoms with Gasteiger partial charge in [0.05, 0.1) is 0 Å². The van der Waals surface area contributed by atoms with Crippen LogP contribution in [-0.2, 0) is 0 Å². The summed E-state index contributed by atoms with van der Waals surface area (Å²) in [7, 11) is 0. The van der Waals surface area contributed by atoms with Gasteiger partial charge in [0.1, 0.15) is 11.9 Å². The molecule has 1 unspecified atom stereocenters. The van der Waals surface area contributed by atoms with Crippen molar-refractivity contribution in [3.8, 4) is 12.3 Å². The molecule has 0 amide bonds. The lowest BCUT2D eigenvalue weighted by molar-refractivity contribution is 0.240. The van der Waals surface area contributed by atoms with Gasteiger partial charge in [-0.05, 0) is 11.5 Å². The van der Waals surface area contributed by atoms with Gasteiger partial charge in [0.15, 0.2) is 0 Å². The van der Waals surface area contributed by atoms with Crippen LogP contribution in [0.3, 0.4) is 0 Å². The van der Waals surface area contributed by atoms with Gasteiger partial charge in [0.25, 0.3) is 0 Å². The monoisotopic (exact) mass is 200 g/mol. The van der Waals surface area contributed by atoms with Crippen LogP contribution in [0.2, 0.25) is 0 Å². The molecule has 2 heteroatoms. The summed E-state index contributed by atoms with van der Waals surface area (Å²) in [6.45, 7) is 0. The molecule has 0 saturated heterocycles. The molecular formula is C13H9FO. The SMILES string of the molecule is C#CC(O)c1ccc(F)c2ccccc12. The van der Waals surface area contributed by atoms with E-state index in [1.807, 2.05) is 0 Å². The van der Waals surface area contributed by atoms with Gasteiger partial charge in [-0.15, -0.1) is 6.42 Å². The minimum absolute atomic E-state index is 0.307. The number of fused-ring (bicyclic) bond motifs is 1. The van der Waals surface area contributed by atoms with E-state index in [9.17, 15) is 9.50 Å². The lowest BCUT2D eigenvalue weighted by Crippen LogP contribution is -1.95. The van der Waals surface area contributed by atoms with Crippen LogP contribution in [0.4, 0.5) is 4.39 Å². The van der Waals surface area contributed by atoms with E-state index in [1.54, 1.807) is 24.3 Å². The van der Waals surface area contributed by atoms with Crippen LogP contribution in [0.1, 0.15) is 11.7 Å². The summed E-state index contributed by atoms with van der Waals surface area (Å²) in [5.74, 6) is 1.92. The van der Waals surface area contributed by atoms with Crippen molar-refractivity contribution in [1.29, 1.82) is 0 Å². The first-order valence-electron chi connectivity index (χ1n) is 4.55. The van der Waals surface area contributed by atoms with E-state index < -0.39 is 6.10 Å². The predicted molar refractivity (Wildman–Crippen MR) is 57.7 cm³/mol. The van der Waals surface area contributed by atoms with Crippen molar-refractivity contribution in [3.05, 3.63) is 47.8 Å². The molecule has 15 heavy (non-hydrogen) atoms. The van der Waals surface area contributed by atoms with E-state index in [0.717, 1.165) is 0 Å². The molecule has 0 spiro atoms. The smallest absolute Gasteiger partial charge is 0.140 e. The highest BCUT2D eigenvalue weighted by molar-refractivity contribution is 5.86. The molecule has 2 rings (SSSR count). The first-order valence-corrected chi connectivity index (χ1v) is 4.55. The Morgan fingerprint density at radius 1 is 1.13 bits per heavy atom. The van der Waals surface area contributed by atoms with Gasteiger partial charge in [-0.1, -0.05) is 36.3 Å². The fourth-order valence-corrected chi connectivity index (χ4v) is 1.61. The van der Waals surface area contributed by atoms with E-state index >= 15 is 0 Å². The van der Waals surface area contributed by atoms with Gasteiger partial charge in [0, 0.05) is 10.9 Å². The van der Waals surface area contributed by atoms with Crippen LogP contribution in [0.15, 0.2) is 36.4 Å². The number of rotatable bonds is 1. The summed E-state index contributed by atoms with van der Waals surface area (Å²) in [5.41, 5.74) is 0.564. The minimum Gasteiger partial charge on any atom is -0.376 e. The third-order valence-electron chi connectivity index (χ3n) is 2.36. The fraction of sp³-hybridized carbons (Fsp3) is 0.0769. The van der Waals surface area contributed by atoms with Gasteiger partial charge < -0.3 is 5.11 Å². The Bertz CT molecular complexity index is 540. The predicted octanol–water partition coefficient (Wildman–Crippen LogP) is 2.65. The van der Waals surface area contributed by atoms with E-state index in [1.165, 1.54) is 12.1 Å². The molecule has 74 valence electrons. The molecule has 2 aromatic rings. The van der Waals surface area contributed by atoms with Gasteiger partial charge in [-0.3, -0.25) is 0 Å². The second kappa shape index (κ2) is 3.72. The molecular weight excluding hydrogens is 191 g/mol. The van der Waals surface area contributed by atoms with E-state index in [-0.39, 0.29) is 5.82 Å². The van der Waals surface area contributed by atoms with Gasteiger partial charge >= 0.3 is 0 Å². The Labute approximate surface area is 87.2 Å². The number of aliphatic hydroxyl groups excluding tert-OH is 1. The van der Waals surface area contributed by atoms with Gasteiger partial charge in [-0.25, -0.2) is 4.39 Å². The lowest BCUT2D eigenvalue weighted by atomic mass is 10.0. The fourth-order valence-electron chi connectivity index (χ4n) is 1.61. The molecule has 0 radical (unpaired) electrons. The largest absolute Gasteiger partial charge is 0.376 e. The second-order valence-corrected chi connectivity index (χ2v) is 3.25. The van der Waals surface area contributed by atoms with E-state index in [4.69, 9.17) is 6.42 Å². The Balaban J connectivity index is 2.78. The summed E-state index contributed by atoms with van der Waals surface area (Å²) >= 11 is 0. The Morgan fingerprint density at radius 3 is 2.47 bits per heavy atom. The maximum Gasteiger partial charge on any atom is 0.140 e. The quantitative estimate of drug-likeness (QED) is 0.701. The summed E-state index contributed by atoms with van der Waals surface area (Å²) in [5, 5.41) is 10.7. The van der Waals surface area contributed by atoms with Crippen molar-refractivity contribution in [1.82, 2.24) is 0 Å². The zero-order valence-electron chi connectivity index (χ0n) is 7.94. The Morgan fingerprint density at radius 2 is 1.80 bits per heavy atom. The average molecular weight is 200 g/mol. The number of halogens is 1. The van der Waals surface area contributed by atoms with Crippen LogP contribution >= 0.6 is 0 Å². The topological polar surface area (TPSA) is 20.2 Å². The van der Waals surface area contributed by atoms with Crippen LogP contribution in [0, 0.1) is 18.2 Å². The molecule has 0 bridgehead atoms. The highest BCUT2D eigenvalue weighted by atomic mass is 19.1. The third-order valence-corrected chi connectivity index (χ3v) is 2.36. The zero-order valence-corrected chi connectivity index (χ0v) is 7.94. The van der Waals surface area contributed by atoms with Crippen molar-refractivity contribution in [2.75, 3.05) is 0 Å². The molecule has 0 aromatic heterocycles. The molecule has 0 fully saturated rings. The number of aliphatic hydroxyl groups is 1. The summed E-state index contributed by atoms with van der Waals surface area (Å²) in [6, 6.07) is 9.78. The summed E-state index contributed by atoms with van der Waals surface area (Å²) in [4.78, 5) is 0. The maximum atomic E-state index is 13.4. The lowest BCUT2D eigenvalue weighted by Gasteiger charge is -2.08. The Kier molecular flexibility index (Phi) is 2.40. The first-order chi connectivity index (χ1) is 7.24. The Hall–Kier alpha value is -1.85. The summed E-state index contributed by atoms with van der Waals surface area (Å²) < 4.78 is 13.4. The van der Waals surface area contributed by atoms with Crippen molar-refractivity contribution >= 4 is 10.8 Å². The van der Waals surface area contributed by atoms with Crippen LogP contribution < -0.4 is 0 Å². The van der Waals surface area contributed by atoms with Gasteiger partial charge in [0.2, 0.25) is 0 Å². The number of terminal acetylenes is 1. The molecule has 1 N–H and O–H groups in total. The maximum absolute atomic E-state index is 13.4. The van der Waals surface area contributed by atoms with Crippen molar-refractivity contribution in [3.63, 3.8) is 0 Å². The highest BCUT2D eigenvalue weighted by Gasteiger charge is 2.10. The minimum atomic E-state index is -0.990. The van der Waals surface area contributed by atoms with Crippen molar-refractivity contribution < 1.29 is 9.50 Å². The molecule has 1 atom stereocenters. The molecule has 2 aromatic carbocycles. The number of hydrogen-bond donors (Lipinski definition) is 1. The average Bonchev–Trinajstić information content (AvgIpc) is 2.29. The molecule has 0 aliphatic heterocycles. The summed E-state index contributed by atoms with van der Waals surface area (Å²) in [6.07, 6.45) is 4.15. The van der Waals surface area contributed by atoms with E-state index in [2.05, 4.69) is 5.92 Å². The molecule has 1 nitrogen and oxygen atoms in total. The normalized spacial score (nSPS) is 12.3. The standard InChI is InChI=1S/C13H9FO/c1-2-13(15)11-7-8-12(14)10-6-4-3-5-9(10)11/h1,3-8,13,15H.